The van der Waals surface area contributed by atoms with Crippen LogP contribution in [0.2, 0.25) is 5.02 Å². The average Bonchev–Trinajstić information content (AvgIpc) is 2.53. The van der Waals surface area contributed by atoms with Gasteiger partial charge in [0.1, 0.15) is 5.82 Å². The van der Waals surface area contributed by atoms with Crippen molar-refractivity contribution in [1.29, 1.82) is 0 Å². The van der Waals surface area contributed by atoms with Gasteiger partial charge >= 0.3 is 0 Å². The van der Waals surface area contributed by atoms with E-state index in [9.17, 15) is 9.18 Å². The maximum atomic E-state index is 13.8. The third kappa shape index (κ3) is 4.90. The highest BCUT2D eigenvalue weighted by Crippen LogP contribution is 2.22. The molecule has 1 aromatic rings. The Morgan fingerprint density at radius 2 is 2.26 bits per heavy atom. The van der Waals surface area contributed by atoms with E-state index >= 15 is 0 Å². The lowest BCUT2D eigenvalue weighted by Crippen LogP contribution is -2.46. The number of rotatable bonds is 6. The molecular formula is C17H24ClFN2O2. The number of piperidine rings is 1. The van der Waals surface area contributed by atoms with Crippen LogP contribution in [0.4, 0.5) is 4.39 Å². The maximum Gasteiger partial charge on any atom is 0.236 e. The van der Waals surface area contributed by atoms with Gasteiger partial charge < -0.3 is 10.0 Å². The Kier molecular flexibility index (Phi) is 6.81. The second kappa shape index (κ2) is 8.62. The molecule has 2 rings (SSSR count). The van der Waals surface area contributed by atoms with E-state index in [1.54, 1.807) is 19.2 Å². The molecule has 1 aliphatic rings. The van der Waals surface area contributed by atoms with Crippen molar-refractivity contribution < 1.29 is 14.3 Å². The summed E-state index contributed by atoms with van der Waals surface area (Å²) in [6, 6.07) is 4.78. The summed E-state index contributed by atoms with van der Waals surface area (Å²) < 4.78 is 13.8. The van der Waals surface area contributed by atoms with E-state index in [0.717, 1.165) is 25.8 Å². The summed E-state index contributed by atoms with van der Waals surface area (Å²) in [5.74, 6) is -0.456. The van der Waals surface area contributed by atoms with E-state index in [2.05, 4.69) is 4.90 Å². The van der Waals surface area contributed by atoms with Crippen LogP contribution in [0.15, 0.2) is 18.2 Å². The molecule has 0 radical (unpaired) electrons. The first-order valence-corrected chi connectivity index (χ1v) is 8.42. The van der Waals surface area contributed by atoms with Gasteiger partial charge in [0, 0.05) is 36.8 Å². The Labute approximate surface area is 141 Å². The number of likely N-dealkylation sites (N-methyl/N-ethyl adjacent to an activating group) is 1. The molecule has 6 heteroatoms. The van der Waals surface area contributed by atoms with Crippen LogP contribution in [0.5, 0.6) is 0 Å². The van der Waals surface area contributed by atoms with Gasteiger partial charge in [-0.1, -0.05) is 24.1 Å². The third-order valence-corrected chi connectivity index (χ3v) is 4.79. The predicted molar refractivity (Wildman–Crippen MR) is 88.8 cm³/mol. The van der Waals surface area contributed by atoms with E-state index in [4.69, 9.17) is 16.7 Å². The van der Waals surface area contributed by atoms with E-state index in [1.807, 2.05) is 0 Å². The summed E-state index contributed by atoms with van der Waals surface area (Å²) in [6.45, 7) is 1.46. The van der Waals surface area contributed by atoms with Crippen LogP contribution >= 0.6 is 11.6 Å². The number of halogens is 2. The van der Waals surface area contributed by atoms with E-state index in [-0.39, 0.29) is 25.1 Å². The summed E-state index contributed by atoms with van der Waals surface area (Å²) in [6.07, 6.45) is 3.90. The monoisotopic (exact) mass is 342 g/mol. The molecular weight excluding hydrogens is 319 g/mol. The van der Waals surface area contributed by atoms with Gasteiger partial charge in [0.15, 0.2) is 0 Å². The molecule has 0 aromatic heterocycles. The maximum absolute atomic E-state index is 13.8. The summed E-state index contributed by atoms with van der Waals surface area (Å²) in [4.78, 5) is 16.1. The molecule has 1 unspecified atom stereocenters. The summed E-state index contributed by atoms with van der Waals surface area (Å²) in [5, 5.41) is 9.49. The number of nitrogens with zero attached hydrogens (tertiary/aromatic N) is 2. The van der Waals surface area contributed by atoms with Gasteiger partial charge in [0.2, 0.25) is 5.91 Å². The molecule has 128 valence electrons. The van der Waals surface area contributed by atoms with Crippen molar-refractivity contribution in [2.24, 2.45) is 0 Å². The van der Waals surface area contributed by atoms with Gasteiger partial charge in [-0.15, -0.1) is 0 Å². The minimum atomic E-state index is -0.395. The van der Waals surface area contributed by atoms with Crippen molar-refractivity contribution in [3.05, 3.63) is 34.6 Å². The standard InChI is InChI=1S/C17H24ClFN2O2/c1-20(11-14-15(18)6-4-7-16(14)19)17(23)12-21-9-3-2-5-13(21)8-10-22/h4,6-7,13,22H,2-3,5,8-12H2,1H3. The molecule has 0 saturated carbocycles. The quantitative estimate of drug-likeness (QED) is 0.864. The van der Waals surface area contributed by atoms with Gasteiger partial charge in [0.25, 0.3) is 0 Å². The predicted octanol–water partition coefficient (Wildman–Crippen LogP) is 2.67. The first-order chi connectivity index (χ1) is 11.0. The number of carbonyl (C=O) groups is 1. The highest BCUT2D eigenvalue weighted by molar-refractivity contribution is 6.31. The molecule has 1 aromatic carbocycles. The fraction of sp³-hybridized carbons (Fsp3) is 0.588. The number of benzene rings is 1. The van der Waals surface area contributed by atoms with Crippen molar-refractivity contribution >= 4 is 17.5 Å². The first-order valence-electron chi connectivity index (χ1n) is 8.04. The highest BCUT2D eigenvalue weighted by Gasteiger charge is 2.25. The lowest BCUT2D eigenvalue weighted by atomic mass is 9.99. The summed E-state index contributed by atoms with van der Waals surface area (Å²) in [7, 11) is 1.66. The Morgan fingerprint density at radius 1 is 1.48 bits per heavy atom. The van der Waals surface area contributed by atoms with Crippen molar-refractivity contribution in [3.63, 3.8) is 0 Å². The molecule has 1 atom stereocenters. The van der Waals surface area contributed by atoms with Crippen molar-refractivity contribution in [2.45, 2.75) is 38.3 Å². The molecule has 1 N–H and O–H groups in total. The second-order valence-electron chi connectivity index (χ2n) is 6.08. The molecule has 23 heavy (non-hydrogen) atoms. The first kappa shape index (κ1) is 18.2. The van der Waals surface area contributed by atoms with E-state index < -0.39 is 5.82 Å². The van der Waals surface area contributed by atoms with Crippen molar-refractivity contribution in [1.82, 2.24) is 9.80 Å². The fourth-order valence-electron chi connectivity index (χ4n) is 3.05. The number of likely N-dealkylation sites (tertiary alicyclic amines) is 1. The van der Waals surface area contributed by atoms with Gasteiger partial charge in [-0.05, 0) is 37.9 Å². The minimum absolute atomic E-state index is 0.0610. The molecule has 0 aliphatic carbocycles. The van der Waals surface area contributed by atoms with E-state index in [0.29, 0.717) is 23.6 Å². The number of aliphatic hydroxyl groups is 1. The summed E-state index contributed by atoms with van der Waals surface area (Å²) >= 11 is 6.02. The third-order valence-electron chi connectivity index (χ3n) is 4.43. The smallest absolute Gasteiger partial charge is 0.236 e. The van der Waals surface area contributed by atoms with Crippen LogP contribution in [0, 0.1) is 5.82 Å². The van der Waals surface area contributed by atoms with Gasteiger partial charge in [-0.2, -0.15) is 0 Å². The zero-order valence-electron chi connectivity index (χ0n) is 13.5. The van der Waals surface area contributed by atoms with Crippen LogP contribution in [0.25, 0.3) is 0 Å². The second-order valence-corrected chi connectivity index (χ2v) is 6.49. The van der Waals surface area contributed by atoms with Crippen molar-refractivity contribution in [2.75, 3.05) is 26.7 Å². The zero-order valence-corrected chi connectivity index (χ0v) is 14.2. The van der Waals surface area contributed by atoms with Gasteiger partial charge in [-0.25, -0.2) is 4.39 Å². The SMILES string of the molecule is CN(Cc1c(F)cccc1Cl)C(=O)CN1CCCCC1CCO. The molecule has 0 spiro atoms. The molecule has 1 fully saturated rings. The molecule has 4 nitrogen and oxygen atoms in total. The van der Waals surface area contributed by atoms with E-state index in [1.165, 1.54) is 11.0 Å². The Balaban J connectivity index is 1.96. The van der Waals surface area contributed by atoms with Crippen LogP contribution in [0.1, 0.15) is 31.2 Å². The minimum Gasteiger partial charge on any atom is -0.396 e. The molecule has 1 saturated heterocycles. The summed E-state index contributed by atoms with van der Waals surface area (Å²) in [5.41, 5.74) is 0.343. The molecule has 0 bridgehead atoms. The van der Waals surface area contributed by atoms with Crippen LogP contribution in [-0.4, -0.2) is 53.6 Å². The van der Waals surface area contributed by atoms with Gasteiger partial charge in [0.05, 0.1) is 6.54 Å². The average molecular weight is 343 g/mol. The number of amides is 1. The Bertz CT molecular complexity index is 519. The number of aliphatic hydroxyl groups excluding tert-OH is 1. The lowest BCUT2D eigenvalue weighted by Gasteiger charge is -2.35. The Hall–Kier alpha value is -1.17. The molecule has 1 amide bonds. The van der Waals surface area contributed by atoms with Crippen LogP contribution in [-0.2, 0) is 11.3 Å². The van der Waals surface area contributed by atoms with Crippen molar-refractivity contribution in [3.8, 4) is 0 Å². The molecule has 1 aliphatic heterocycles. The van der Waals surface area contributed by atoms with Crippen LogP contribution < -0.4 is 0 Å². The topological polar surface area (TPSA) is 43.8 Å². The molecule has 1 heterocycles. The fourth-order valence-corrected chi connectivity index (χ4v) is 3.27. The number of hydrogen-bond acceptors (Lipinski definition) is 3. The number of hydrogen-bond donors (Lipinski definition) is 1. The van der Waals surface area contributed by atoms with Gasteiger partial charge in [-0.3, -0.25) is 9.69 Å². The zero-order chi connectivity index (χ0) is 16.8. The lowest BCUT2D eigenvalue weighted by molar-refractivity contribution is -0.132. The van der Waals surface area contributed by atoms with Crippen LogP contribution in [0.3, 0.4) is 0 Å². The largest absolute Gasteiger partial charge is 0.396 e. The highest BCUT2D eigenvalue weighted by atomic mass is 35.5. The number of carbonyl (C=O) groups excluding carboxylic acids is 1. The normalized spacial score (nSPS) is 18.9. The Morgan fingerprint density at radius 3 is 2.96 bits per heavy atom.